The van der Waals surface area contributed by atoms with E-state index in [-0.39, 0.29) is 6.10 Å². The SMILES string of the molecule is CC(Oc1ccccc1C1=CCC=N1)c1ccc(Cl)cc1. The molecule has 21 heavy (non-hydrogen) atoms. The van der Waals surface area contributed by atoms with Crippen LogP contribution in [0.25, 0.3) is 5.70 Å². The summed E-state index contributed by atoms with van der Waals surface area (Å²) in [6.07, 6.45) is 4.86. The van der Waals surface area contributed by atoms with Crippen molar-refractivity contribution in [3.63, 3.8) is 0 Å². The van der Waals surface area contributed by atoms with Crippen molar-refractivity contribution in [1.29, 1.82) is 0 Å². The zero-order valence-electron chi connectivity index (χ0n) is 11.8. The number of benzene rings is 2. The summed E-state index contributed by atoms with van der Waals surface area (Å²) in [6, 6.07) is 15.7. The van der Waals surface area contributed by atoms with E-state index in [0.29, 0.717) is 0 Å². The molecule has 1 unspecified atom stereocenters. The Hall–Kier alpha value is -2.06. The quantitative estimate of drug-likeness (QED) is 0.751. The van der Waals surface area contributed by atoms with E-state index >= 15 is 0 Å². The molecule has 3 heteroatoms. The Labute approximate surface area is 129 Å². The third-order valence-corrected chi connectivity index (χ3v) is 3.71. The lowest BCUT2D eigenvalue weighted by molar-refractivity contribution is 0.226. The number of aliphatic imine (C=N–C) groups is 1. The van der Waals surface area contributed by atoms with Gasteiger partial charge in [-0.25, -0.2) is 0 Å². The van der Waals surface area contributed by atoms with Gasteiger partial charge in [0.1, 0.15) is 11.9 Å². The summed E-state index contributed by atoms with van der Waals surface area (Å²) in [4.78, 5) is 4.40. The van der Waals surface area contributed by atoms with Crippen molar-refractivity contribution in [2.75, 3.05) is 0 Å². The number of nitrogens with zero attached hydrogens (tertiary/aromatic N) is 1. The maximum Gasteiger partial charge on any atom is 0.129 e. The fraction of sp³-hybridized carbons (Fsp3) is 0.167. The van der Waals surface area contributed by atoms with Gasteiger partial charge in [0.05, 0.1) is 5.70 Å². The fourth-order valence-electron chi connectivity index (χ4n) is 2.32. The Kier molecular flexibility index (Phi) is 4.07. The molecule has 106 valence electrons. The molecule has 1 aliphatic heterocycles. The topological polar surface area (TPSA) is 21.6 Å². The maximum atomic E-state index is 6.13. The molecule has 1 atom stereocenters. The number of hydrogen-bond acceptors (Lipinski definition) is 2. The minimum absolute atomic E-state index is 0.0469. The van der Waals surface area contributed by atoms with E-state index < -0.39 is 0 Å². The van der Waals surface area contributed by atoms with Crippen LogP contribution < -0.4 is 4.74 Å². The third-order valence-electron chi connectivity index (χ3n) is 3.45. The molecule has 2 aromatic carbocycles. The molecule has 0 radical (unpaired) electrons. The van der Waals surface area contributed by atoms with Crippen LogP contribution in [-0.4, -0.2) is 6.21 Å². The van der Waals surface area contributed by atoms with Gasteiger partial charge in [-0.2, -0.15) is 0 Å². The van der Waals surface area contributed by atoms with Crippen LogP contribution in [0, 0.1) is 0 Å². The normalized spacial score (nSPS) is 14.9. The van der Waals surface area contributed by atoms with E-state index in [2.05, 4.69) is 11.1 Å². The second-order valence-electron chi connectivity index (χ2n) is 4.94. The van der Waals surface area contributed by atoms with E-state index in [0.717, 1.165) is 34.0 Å². The molecule has 2 nitrogen and oxygen atoms in total. The Balaban J connectivity index is 1.84. The van der Waals surface area contributed by atoms with Gasteiger partial charge in [-0.1, -0.05) is 41.9 Å². The first-order chi connectivity index (χ1) is 10.2. The standard InChI is InChI=1S/C18H16ClNO/c1-13(14-8-10-15(19)11-9-14)21-18-7-3-2-5-16(18)17-6-4-12-20-17/h2-3,5-13H,4H2,1H3. The summed E-state index contributed by atoms with van der Waals surface area (Å²) in [6.45, 7) is 2.03. The highest BCUT2D eigenvalue weighted by Gasteiger charge is 2.13. The van der Waals surface area contributed by atoms with Gasteiger partial charge in [0.15, 0.2) is 0 Å². The number of hydrogen-bond donors (Lipinski definition) is 0. The molecule has 3 rings (SSSR count). The molecule has 0 saturated carbocycles. The van der Waals surface area contributed by atoms with Gasteiger partial charge < -0.3 is 4.74 Å². The van der Waals surface area contributed by atoms with Crippen LogP contribution in [-0.2, 0) is 0 Å². The molecular weight excluding hydrogens is 282 g/mol. The fourth-order valence-corrected chi connectivity index (χ4v) is 2.45. The average molecular weight is 298 g/mol. The van der Waals surface area contributed by atoms with Gasteiger partial charge in [0, 0.05) is 23.2 Å². The van der Waals surface area contributed by atoms with Crippen molar-refractivity contribution in [3.8, 4) is 5.75 Å². The molecule has 0 aliphatic carbocycles. The van der Waals surface area contributed by atoms with Crippen molar-refractivity contribution in [2.24, 2.45) is 4.99 Å². The van der Waals surface area contributed by atoms with Gasteiger partial charge in [0.2, 0.25) is 0 Å². The second-order valence-corrected chi connectivity index (χ2v) is 5.38. The van der Waals surface area contributed by atoms with Crippen molar-refractivity contribution in [3.05, 3.63) is 70.8 Å². The number of halogens is 1. The van der Waals surface area contributed by atoms with Crippen LogP contribution in [0.2, 0.25) is 5.02 Å². The lowest BCUT2D eigenvalue weighted by Gasteiger charge is -2.17. The molecule has 0 amide bonds. The highest BCUT2D eigenvalue weighted by molar-refractivity contribution is 6.30. The number of allylic oxidation sites excluding steroid dienone is 1. The van der Waals surface area contributed by atoms with E-state index in [4.69, 9.17) is 16.3 Å². The third kappa shape index (κ3) is 3.17. The van der Waals surface area contributed by atoms with Crippen molar-refractivity contribution in [2.45, 2.75) is 19.4 Å². The van der Waals surface area contributed by atoms with Crippen molar-refractivity contribution >= 4 is 23.5 Å². The first-order valence-corrected chi connectivity index (χ1v) is 7.36. The monoisotopic (exact) mass is 297 g/mol. The van der Waals surface area contributed by atoms with Crippen LogP contribution in [0.5, 0.6) is 5.75 Å². The van der Waals surface area contributed by atoms with E-state index in [1.807, 2.05) is 61.7 Å². The summed E-state index contributed by atoms with van der Waals surface area (Å²) in [5.41, 5.74) is 3.11. The molecule has 0 spiro atoms. The van der Waals surface area contributed by atoms with Gasteiger partial charge in [-0.05, 0) is 36.8 Å². The summed E-state index contributed by atoms with van der Waals surface area (Å²) in [7, 11) is 0. The Morgan fingerprint density at radius 2 is 1.86 bits per heavy atom. The molecule has 0 bridgehead atoms. The summed E-state index contributed by atoms with van der Waals surface area (Å²) in [5, 5.41) is 0.733. The number of para-hydroxylation sites is 1. The minimum Gasteiger partial charge on any atom is -0.485 e. The van der Waals surface area contributed by atoms with Gasteiger partial charge in [-0.3, -0.25) is 4.99 Å². The van der Waals surface area contributed by atoms with Crippen LogP contribution in [0.4, 0.5) is 0 Å². The molecule has 0 fully saturated rings. The van der Waals surface area contributed by atoms with E-state index in [1.54, 1.807) is 0 Å². The zero-order valence-corrected chi connectivity index (χ0v) is 12.5. The molecule has 1 aliphatic rings. The summed E-state index contributed by atoms with van der Waals surface area (Å²) < 4.78 is 6.13. The highest BCUT2D eigenvalue weighted by Crippen LogP contribution is 2.32. The summed E-state index contributed by atoms with van der Waals surface area (Å²) in [5.74, 6) is 0.852. The van der Waals surface area contributed by atoms with Crippen LogP contribution >= 0.6 is 11.6 Å². The smallest absolute Gasteiger partial charge is 0.129 e. The largest absolute Gasteiger partial charge is 0.485 e. The molecule has 0 saturated heterocycles. The van der Waals surface area contributed by atoms with Crippen LogP contribution in [0.3, 0.4) is 0 Å². The lowest BCUT2D eigenvalue weighted by Crippen LogP contribution is -2.04. The lowest BCUT2D eigenvalue weighted by atomic mass is 10.1. The Bertz CT molecular complexity index is 689. The number of rotatable bonds is 4. The predicted molar refractivity (Wildman–Crippen MR) is 88.0 cm³/mol. The second kappa shape index (κ2) is 6.15. The summed E-state index contributed by atoms with van der Waals surface area (Å²) >= 11 is 5.92. The first-order valence-electron chi connectivity index (χ1n) is 6.98. The van der Waals surface area contributed by atoms with Gasteiger partial charge >= 0.3 is 0 Å². The van der Waals surface area contributed by atoms with Crippen molar-refractivity contribution in [1.82, 2.24) is 0 Å². The van der Waals surface area contributed by atoms with Crippen LogP contribution in [0.1, 0.15) is 30.6 Å². The van der Waals surface area contributed by atoms with E-state index in [9.17, 15) is 0 Å². The molecular formula is C18H16ClNO. The minimum atomic E-state index is -0.0469. The van der Waals surface area contributed by atoms with Gasteiger partial charge in [0.25, 0.3) is 0 Å². The average Bonchev–Trinajstić information content (AvgIpc) is 3.02. The number of ether oxygens (including phenoxy) is 1. The molecule has 0 N–H and O–H groups in total. The Morgan fingerprint density at radius 1 is 1.10 bits per heavy atom. The van der Waals surface area contributed by atoms with E-state index in [1.165, 1.54) is 0 Å². The zero-order chi connectivity index (χ0) is 14.7. The van der Waals surface area contributed by atoms with Crippen molar-refractivity contribution < 1.29 is 4.74 Å². The maximum absolute atomic E-state index is 6.13. The highest BCUT2D eigenvalue weighted by atomic mass is 35.5. The molecule has 2 aromatic rings. The molecule has 0 aromatic heterocycles. The van der Waals surface area contributed by atoms with Crippen LogP contribution in [0.15, 0.2) is 59.6 Å². The van der Waals surface area contributed by atoms with Gasteiger partial charge in [-0.15, -0.1) is 0 Å². The Morgan fingerprint density at radius 3 is 2.57 bits per heavy atom. The molecule has 1 heterocycles. The predicted octanol–water partition coefficient (Wildman–Crippen LogP) is 5.30. The first kappa shape index (κ1) is 13.9.